The smallest absolute Gasteiger partial charge is 0.166 e. The molecule has 0 saturated carbocycles. The molecule has 6 heteroatoms. The fraction of sp³-hybridized carbons (Fsp3) is 0.167. The van der Waals surface area contributed by atoms with Gasteiger partial charge in [0.1, 0.15) is 0 Å². The Bertz CT molecular complexity index is 955. The Hall–Kier alpha value is -2.47. The van der Waals surface area contributed by atoms with E-state index in [0.717, 1.165) is 32.6 Å². The second-order valence-electron chi connectivity index (χ2n) is 5.37. The van der Waals surface area contributed by atoms with Crippen LogP contribution in [0.1, 0.15) is 17.0 Å². The van der Waals surface area contributed by atoms with E-state index in [1.807, 2.05) is 32.0 Å². The minimum absolute atomic E-state index is 0.0523. The summed E-state index contributed by atoms with van der Waals surface area (Å²) in [5.74, 6) is 0.442. The highest BCUT2D eigenvalue weighted by atomic mass is 79.9. The van der Waals surface area contributed by atoms with Gasteiger partial charge < -0.3 is 9.84 Å². The molecule has 0 amide bonds. The number of phenols is 1. The number of aromatic hydroxyl groups is 1. The number of aromatic nitrogens is 2. The van der Waals surface area contributed by atoms with Crippen LogP contribution in [0.25, 0.3) is 11.0 Å². The van der Waals surface area contributed by atoms with Gasteiger partial charge >= 0.3 is 0 Å². The lowest BCUT2D eigenvalue weighted by Crippen LogP contribution is -1.92. The van der Waals surface area contributed by atoms with Gasteiger partial charge in [-0.25, -0.2) is 9.97 Å². The molecular weight excluding hydrogens is 370 g/mol. The average molecular weight is 386 g/mol. The second kappa shape index (κ2) is 6.57. The zero-order valence-corrected chi connectivity index (χ0v) is 15.1. The van der Waals surface area contributed by atoms with Crippen molar-refractivity contribution in [3.63, 3.8) is 0 Å². The highest BCUT2D eigenvalue weighted by molar-refractivity contribution is 9.10. The molecule has 0 aliphatic heterocycles. The first-order chi connectivity index (χ1) is 11.5. The molecule has 24 heavy (non-hydrogen) atoms. The van der Waals surface area contributed by atoms with Crippen LogP contribution < -0.4 is 4.74 Å². The number of aliphatic imine (C=N–C) groups is 1. The standard InChI is InChI=1S/C18H16BrN3O2/c1-10-11(2)22-16-8-14(4-5-15(16)21-10)20-9-12-6-13(19)7-17(24-3)18(12)23/h4-9,23H,1-3H3. The number of fused-ring (bicyclic) bond motifs is 1. The summed E-state index contributed by atoms with van der Waals surface area (Å²) >= 11 is 3.39. The number of nitrogens with zero attached hydrogens (tertiary/aromatic N) is 3. The Morgan fingerprint density at radius 1 is 1.08 bits per heavy atom. The third kappa shape index (κ3) is 3.23. The van der Waals surface area contributed by atoms with Crippen molar-refractivity contribution >= 4 is 38.9 Å². The number of hydrogen-bond acceptors (Lipinski definition) is 5. The Morgan fingerprint density at radius 2 is 1.79 bits per heavy atom. The monoisotopic (exact) mass is 385 g/mol. The van der Waals surface area contributed by atoms with Crippen LogP contribution in [0.5, 0.6) is 11.5 Å². The van der Waals surface area contributed by atoms with Crippen molar-refractivity contribution in [3.8, 4) is 11.5 Å². The SMILES string of the molecule is COc1cc(Br)cc(C=Nc2ccc3nc(C)c(C)nc3c2)c1O. The molecular formula is C18H16BrN3O2. The van der Waals surface area contributed by atoms with Crippen LogP contribution in [0.3, 0.4) is 0 Å². The quantitative estimate of drug-likeness (QED) is 0.675. The van der Waals surface area contributed by atoms with Gasteiger partial charge in [-0.3, -0.25) is 4.99 Å². The third-order valence-electron chi connectivity index (χ3n) is 3.70. The maximum atomic E-state index is 10.2. The number of phenolic OH excluding ortho intramolecular Hbond substituents is 1. The number of hydrogen-bond donors (Lipinski definition) is 1. The van der Waals surface area contributed by atoms with Gasteiger partial charge in [0.05, 0.1) is 35.2 Å². The predicted octanol–water partition coefficient (Wildman–Crippen LogP) is 4.47. The summed E-state index contributed by atoms with van der Waals surface area (Å²) in [5.41, 5.74) is 4.75. The topological polar surface area (TPSA) is 67.6 Å². The first-order valence-electron chi connectivity index (χ1n) is 7.33. The molecule has 0 aliphatic rings. The van der Waals surface area contributed by atoms with Gasteiger partial charge in [-0.05, 0) is 44.2 Å². The van der Waals surface area contributed by atoms with Crippen LogP contribution in [-0.2, 0) is 0 Å². The second-order valence-corrected chi connectivity index (χ2v) is 6.29. The first-order valence-corrected chi connectivity index (χ1v) is 8.13. The highest BCUT2D eigenvalue weighted by Gasteiger charge is 2.08. The average Bonchev–Trinajstić information content (AvgIpc) is 2.56. The molecule has 0 atom stereocenters. The molecule has 1 heterocycles. The summed E-state index contributed by atoms with van der Waals surface area (Å²) in [5, 5.41) is 10.2. The van der Waals surface area contributed by atoms with Crippen LogP contribution in [0.15, 0.2) is 39.8 Å². The number of benzene rings is 2. The molecule has 0 radical (unpaired) electrons. The van der Waals surface area contributed by atoms with E-state index in [1.54, 1.807) is 18.3 Å². The van der Waals surface area contributed by atoms with Crippen molar-refractivity contribution in [3.05, 3.63) is 51.8 Å². The minimum Gasteiger partial charge on any atom is -0.504 e. The molecule has 0 fully saturated rings. The predicted molar refractivity (Wildman–Crippen MR) is 98.6 cm³/mol. The van der Waals surface area contributed by atoms with Crippen LogP contribution >= 0.6 is 15.9 Å². The Labute approximate surface area is 148 Å². The molecule has 3 aromatic rings. The first kappa shape index (κ1) is 16.4. The molecule has 0 bridgehead atoms. The van der Waals surface area contributed by atoms with Crippen molar-refractivity contribution in [2.24, 2.45) is 4.99 Å². The van der Waals surface area contributed by atoms with E-state index in [1.165, 1.54) is 7.11 Å². The zero-order chi connectivity index (χ0) is 17.3. The molecule has 0 saturated heterocycles. The van der Waals surface area contributed by atoms with Gasteiger partial charge in [-0.15, -0.1) is 0 Å². The highest BCUT2D eigenvalue weighted by Crippen LogP contribution is 2.33. The van der Waals surface area contributed by atoms with E-state index in [-0.39, 0.29) is 5.75 Å². The molecule has 122 valence electrons. The third-order valence-corrected chi connectivity index (χ3v) is 4.16. The normalized spacial score (nSPS) is 11.3. The maximum Gasteiger partial charge on any atom is 0.166 e. The van der Waals surface area contributed by atoms with Crippen LogP contribution in [-0.4, -0.2) is 28.4 Å². The zero-order valence-electron chi connectivity index (χ0n) is 13.5. The Morgan fingerprint density at radius 3 is 2.50 bits per heavy atom. The van der Waals surface area contributed by atoms with Gasteiger partial charge in [0.2, 0.25) is 0 Å². The van der Waals surface area contributed by atoms with E-state index >= 15 is 0 Å². The molecule has 2 aromatic carbocycles. The van der Waals surface area contributed by atoms with Crippen LogP contribution in [0.2, 0.25) is 0 Å². The Balaban J connectivity index is 1.99. The largest absolute Gasteiger partial charge is 0.504 e. The summed E-state index contributed by atoms with van der Waals surface area (Å²) in [6.07, 6.45) is 1.60. The van der Waals surface area contributed by atoms with Crippen molar-refractivity contribution in [1.82, 2.24) is 9.97 Å². The Kier molecular flexibility index (Phi) is 4.49. The van der Waals surface area contributed by atoms with Gasteiger partial charge in [-0.1, -0.05) is 15.9 Å². The molecule has 0 unspecified atom stereocenters. The summed E-state index contributed by atoms with van der Waals surface area (Å²) in [6.45, 7) is 3.88. The molecule has 0 spiro atoms. The lowest BCUT2D eigenvalue weighted by molar-refractivity contribution is 0.373. The lowest BCUT2D eigenvalue weighted by Gasteiger charge is -2.07. The number of methoxy groups -OCH3 is 1. The molecule has 0 aliphatic carbocycles. The number of rotatable bonds is 3. The number of ether oxygens (including phenoxy) is 1. The summed E-state index contributed by atoms with van der Waals surface area (Å²) < 4.78 is 5.94. The maximum absolute atomic E-state index is 10.2. The summed E-state index contributed by atoms with van der Waals surface area (Å²) in [6, 6.07) is 9.11. The van der Waals surface area contributed by atoms with Gasteiger partial charge in [0, 0.05) is 16.3 Å². The molecule has 1 aromatic heterocycles. The van der Waals surface area contributed by atoms with Crippen molar-refractivity contribution in [1.29, 1.82) is 0 Å². The van der Waals surface area contributed by atoms with Gasteiger partial charge in [-0.2, -0.15) is 0 Å². The van der Waals surface area contributed by atoms with Gasteiger partial charge in [0.25, 0.3) is 0 Å². The molecule has 1 N–H and O–H groups in total. The number of halogens is 1. The molecule has 5 nitrogen and oxygen atoms in total. The van der Waals surface area contributed by atoms with Crippen LogP contribution in [0.4, 0.5) is 5.69 Å². The van der Waals surface area contributed by atoms with Gasteiger partial charge in [0.15, 0.2) is 11.5 Å². The van der Waals surface area contributed by atoms with E-state index in [2.05, 4.69) is 30.9 Å². The van der Waals surface area contributed by atoms with E-state index in [9.17, 15) is 5.11 Å². The van der Waals surface area contributed by atoms with E-state index in [4.69, 9.17) is 4.74 Å². The summed E-state index contributed by atoms with van der Waals surface area (Å²) in [4.78, 5) is 13.5. The van der Waals surface area contributed by atoms with E-state index < -0.39 is 0 Å². The molecule has 3 rings (SSSR count). The van der Waals surface area contributed by atoms with E-state index in [0.29, 0.717) is 11.3 Å². The van der Waals surface area contributed by atoms with Crippen LogP contribution in [0, 0.1) is 13.8 Å². The minimum atomic E-state index is 0.0523. The fourth-order valence-electron chi connectivity index (χ4n) is 2.29. The summed E-state index contributed by atoms with van der Waals surface area (Å²) in [7, 11) is 1.51. The van der Waals surface area contributed by atoms with Crippen molar-refractivity contribution in [2.75, 3.05) is 7.11 Å². The fourth-order valence-corrected chi connectivity index (χ4v) is 2.75. The van der Waals surface area contributed by atoms with Crippen molar-refractivity contribution < 1.29 is 9.84 Å². The van der Waals surface area contributed by atoms with Crippen molar-refractivity contribution in [2.45, 2.75) is 13.8 Å². The number of aryl methyl sites for hydroxylation is 2. The lowest BCUT2D eigenvalue weighted by atomic mass is 10.2.